The van der Waals surface area contributed by atoms with Gasteiger partial charge in [-0.15, -0.1) is 0 Å². The number of aromatic nitrogens is 2. The molecule has 0 aromatic carbocycles. The number of carbonyl (C=O) groups excluding carboxylic acids is 1. The second kappa shape index (κ2) is 5.31. The van der Waals surface area contributed by atoms with Crippen molar-refractivity contribution >= 4 is 11.7 Å². The Morgan fingerprint density at radius 3 is 3.00 bits per heavy atom. The van der Waals surface area contributed by atoms with Crippen molar-refractivity contribution in [3.05, 3.63) is 11.8 Å². The zero-order valence-electron chi connectivity index (χ0n) is 10.4. The molecule has 5 heteroatoms. The fourth-order valence-corrected chi connectivity index (χ4v) is 2.00. The highest BCUT2D eigenvalue weighted by Gasteiger charge is 2.21. The summed E-state index contributed by atoms with van der Waals surface area (Å²) in [6.07, 6.45) is 2.02. The van der Waals surface area contributed by atoms with Crippen LogP contribution in [-0.4, -0.2) is 29.2 Å². The molecule has 1 saturated heterocycles. The van der Waals surface area contributed by atoms with Crippen molar-refractivity contribution in [1.29, 1.82) is 0 Å². The van der Waals surface area contributed by atoms with Crippen molar-refractivity contribution in [2.24, 2.45) is 5.92 Å². The van der Waals surface area contributed by atoms with Crippen LogP contribution in [0, 0.1) is 5.92 Å². The number of hydrogen-bond acceptors (Lipinski definition) is 3. The Morgan fingerprint density at radius 1 is 1.59 bits per heavy atom. The lowest BCUT2D eigenvalue weighted by atomic mass is 9.99. The first-order valence-corrected chi connectivity index (χ1v) is 6.23. The third-order valence-corrected chi connectivity index (χ3v) is 3.14. The van der Waals surface area contributed by atoms with Gasteiger partial charge in [0.2, 0.25) is 5.91 Å². The molecule has 1 aromatic rings. The first kappa shape index (κ1) is 12.1. The highest BCUT2D eigenvalue weighted by Crippen LogP contribution is 2.17. The van der Waals surface area contributed by atoms with Gasteiger partial charge in [0.15, 0.2) is 5.82 Å². The maximum atomic E-state index is 11.9. The van der Waals surface area contributed by atoms with Gasteiger partial charge in [0.1, 0.15) is 0 Å². The molecule has 5 nitrogen and oxygen atoms in total. The van der Waals surface area contributed by atoms with Crippen LogP contribution in [0.1, 0.15) is 38.3 Å². The molecule has 0 unspecified atom stereocenters. The number of amides is 1. The summed E-state index contributed by atoms with van der Waals surface area (Å²) in [5.74, 6) is 1.16. The molecule has 1 atom stereocenters. The number of piperidine rings is 1. The molecule has 3 N–H and O–H groups in total. The van der Waals surface area contributed by atoms with Crippen molar-refractivity contribution in [3.63, 3.8) is 0 Å². The number of hydrogen-bond donors (Lipinski definition) is 3. The van der Waals surface area contributed by atoms with Gasteiger partial charge < -0.3 is 10.6 Å². The van der Waals surface area contributed by atoms with Crippen LogP contribution in [0.2, 0.25) is 0 Å². The molecule has 0 bridgehead atoms. The number of anilines is 1. The largest absolute Gasteiger partial charge is 0.316 e. The van der Waals surface area contributed by atoms with Crippen LogP contribution in [0.3, 0.4) is 0 Å². The second-order valence-corrected chi connectivity index (χ2v) is 4.90. The van der Waals surface area contributed by atoms with E-state index < -0.39 is 0 Å². The Labute approximate surface area is 101 Å². The lowest BCUT2D eigenvalue weighted by molar-refractivity contribution is -0.120. The van der Waals surface area contributed by atoms with Crippen LogP contribution >= 0.6 is 0 Å². The molecule has 0 spiro atoms. The Kier molecular flexibility index (Phi) is 3.78. The van der Waals surface area contributed by atoms with Gasteiger partial charge in [-0.05, 0) is 25.3 Å². The Morgan fingerprint density at radius 2 is 2.41 bits per heavy atom. The molecule has 1 aliphatic rings. The summed E-state index contributed by atoms with van der Waals surface area (Å²) in [4.78, 5) is 11.9. The summed E-state index contributed by atoms with van der Waals surface area (Å²) in [5, 5.41) is 13.1. The number of nitrogens with zero attached hydrogens (tertiary/aromatic N) is 1. The number of nitrogens with one attached hydrogen (secondary N) is 3. The van der Waals surface area contributed by atoms with Crippen molar-refractivity contribution in [2.75, 3.05) is 18.4 Å². The minimum Gasteiger partial charge on any atom is -0.316 e. The maximum Gasteiger partial charge on any atom is 0.229 e. The van der Waals surface area contributed by atoms with Gasteiger partial charge in [-0.25, -0.2) is 0 Å². The van der Waals surface area contributed by atoms with E-state index >= 15 is 0 Å². The molecule has 1 fully saturated rings. The SMILES string of the molecule is CC(C)c1cc(NC(=O)[C@H]2CCCNC2)n[nH]1. The molecule has 1 aliphatic heterocycles. The quantitative estimate of drug-likeness (QED) is 0.744. The zero-order chi connectivity index (χ0) is 12.3. The molecule has 1 amide bonds. The normalized spacial score (nSPS) is 20.5. The maximum absolute atomic E-state index is 11.9. The molecule has 2 rings (SSSR count). The lowest BCUT2D eigenvalue weighted by Gasteiger charge is -2.21. The van der Waals surface area contributed by atoms with Crippen molar-refractivity contribution in [3.8, 4) is 0 Å². The average Bonchev–Trinajstić information content (AvgIpc) is 2.79. The van der Waals surface area contributed by atoms with Crippen molar-refractivity contribution in [1.82, 2.24) is 15.5 Å². The molecular formula is C12H20N4O. The summed E-state index contributed by atoms with van der Waals surface area (Å²) in [5.41, 5.74) is 1.04. The minimum absolute atomic E-state index is 0.0685. The van der Waals surface area contributed by atoms with E-state index in [0.717, 1.165) is 31.6 Å². The van der Waals surface area contributed by atoms with Gasteiger partial charge in [-0.3, -0.25) is 9.89 Å². The monoisotopic (exact) mass is 236 g/mol. The third-order valence-electron chi connectivity index (χ3n) is 3.14. The number of rotatable bonds is 3. The molecule has 94 valence electrons. The van der Waals surface area contributed by atoms with E-state index in [-0.39, 0.29) is 11.8 Å². The zero-order valence-corrected chi connectivity index (χ0v) is 10.4. The topological polar surface area (TPSA) is 69.8 Å². The van der Waals surface area contributed by atoms with Crippen LogP contribution in [0.4, 0.5) is 5.82 Å². The standard InChI is InChI=1S/C12H20N4O/c1-8(2)10-6-11(16-15-10)14-12(17)9-4-3-5-13-7-9/h6,8-9,13H,3-5,7H2,1-2H3,(H2,14,15,16,17)/t9-/m0/s1. The van der Waals surface area contributed by atoms with Crippen molar-refractivity contribution < 1.29 is 4.79 Å². The number of aromatic amines is 1. The number of H-pyrrole nitrogens is 1. The second-order valence-electron chi connectivity index (χ2n) is 4.90. The Hall–Kier alpha value is -1.36. The summed E-state index contributed by atoms with van der Waals surface area (Å²) in [7, 11) is 0. The first-order valence-electron chi connectivity index (χ1n) is 6.23. The first-order chi connectivity index (χ1) is 8.16. The van der Waals surface area contributed by atoms with Gasteiger partial charge in [0, 0.05) is 18.3 Å². The van der Waals surface area contributed by atoms with Gasteiger partial charge in [0.05, 0.1) is 5.92 Å². The highest BCUT2D eigenvalue weighted by atomic mass is 16.2. The summed E-state index contributed by atoms with van der Waals surface area (Å²) in [6, 6.07) is 1.90. The number of carbonyl (C=O) groups is 1. The van der Waals surface area contributed by atoms with Crippen LogP contribution in [-0.2, 0) is 4.79 Å². The van der Waals surface area contributed by atoms with Crippen LogP contribution < -0.4 is 10.6 Å². The predicted octanol–water partition coefficient (Wildman–Crippen LogP) is 1.47. The molecule has 0 aliphatic carbocycles. The minimum atomic E-state index is 0.0685. The summed E-state index contributed by atoms with van der Waals surface area (Å²) >= 11 is 0. The fourth-order valence-electron chi connectivity index (χ4n) is 2.00. The lowest BCUT2D eigenvalue weighted by Crippen LogP contribution is -2.37. The van der Waals surface area contributed by atoms with E-state index in [9.17, 15) is 4.79 Å². The van der Waals surface area contributed by atoms with E-state index in [4.69, 9.17) is 0 Å². The average molecular weight is 236 g/mol. The van der Waals surface area contributed by atoms with Crippen LogP contribution in [0.25, 0.3) is 0 Å². The van der Waals surface area contributed by atoms with E-state index in [0.29, 0.717) is 11.7 Å². The van der Waals surface area contributed by atoms with Crippen LogP contribution in [0.5, 0.6) is 0 Å². The van der Waals surface area contributed by atoms with Crippen molar-refractivity contribution in [2.45, 2.75) is 32.6 Å². The summed E-state index contributed by atoms with van der Waals surface area (Å²) < 4.78 is 0. The van der Waals surface area contributed by atoms with Gasteiger partial charge in [-0.2, -0.15) is 5.10 Å². The van der Waals surface area contributed by atoms with Gasteiger partial charge in [-0.1, -0.05) is 13.8 Å². The molecule has 0 radical (unpaired) electrons. The van der Waals surface area contributed by atoms with E-state index in [1.165, 1.54) is 0 Å². The van der Waals surface area contributed by atoms with E-state index in [1.54, 1.807) is 0 Å². The summed E-state index contributed by atoms with van der Waals surface area (Å²) in [6.45, 7) is 5.96. The molecule has 2 heterocycles. The molecule has 0 saturated carbocycles. The highest BCUT2D eigenvalue weighted by molar-refractivity contribution is 5.91. The third kappa shape index (κ3) is 3.06. The smallest absolute Gasteiger partial charge is 0.229 e. The predicted molar refractivity (Wildman–Crippen MR) is 66.9 cm³/mol. The van der Waals surface area contributed by atoms with E-state index in [1.807, 2.05) is 6.07 Å². The molecule has 17 heavy (non-hydrogen) atoms. The van der Waals surface area contributed by atoms with Crippen LogP contribution in [0.15, 0.2) is 6.07 Å². The molecular weight excluding hydrogens is 216 g/mol. The van der Waals surface area contributed by atoms with E-state index in [2.05, 4.69) is 34.7 Å². The Balaban J connectivity index is 1.92. The van der Waals surface area contributed by atoms with Gasteiger partial charge >= 0.3 is 0 Å². The Bertz CT molecular complexity index is 380. The fraction of sp³-hybridized carbons (Fsp3) is 0.667. The van der Waals surface area contributed by atoms with Gasteiger partial charge in [0.25, 0.3) is 0 Å². The molecule has 1 aromatic heterocycles.